The molecule has 0 atom stereocenters. The minimum atomic E-state index is -0.0649. The quantitative estimate of drug-likeness (QED) is 0.354. The highest BCUT2D eigenvalue weighted by atomic mass is 16.5. The van der Waals surface area contributed by atoms with Crippen molar-refractivity contribution in [2.24, 2.45) is 16.6 Å². The summed E-state index contributed by atoms with van der Waals surface area (Å²) in [7, 11) is 3.20. The zero-order valence-electron chi connectivity index (χ0n) is 20.9. The first-order valence-electron chi connectivity index (χ1n) is 12.0. The van der Waals surface area contributed by atoms with Gasteiger partial charge in [0.25, 0.3) is 0 Å². The number of hydrogen-bond acceptors (Lipinski definition) is 5. The monoisotopic (exact) mass is 477 g/mol. The number of piperidine rings is 1. The van der Waals surface area contributed by atoms with Crippen LogP contribution in [0.15, 0.2) is 76.1 Å². The SMILES string of the molecule is C=C/C(=C\N=C(C)N1CCC(Cn2ccn(-c3cc(OC)cc(OC)c3)c2=O)CC1)C(N)=C1CC1. The van der Waals surface area contributed by atoms with Crippen LogP contribution in [-0.4, -0.2) is 47.2 Å². The Morgan fingerprint density at radius 3 is 2.37 bits per heavy atom. The van der Waals surface area contributed by atoms with Crippen molar-refractivity contribution in [3.05, 3.63) is 76.8 Å². The maximum atomic E-state index is 13.1. The second-order valence-electron chi connectivity index (χ2n) is 9.09. The van der Waals surface area contributed by atoms with Crippen LogP contribution in [0.1, 0.15) is 32.6 Å². The first kappa shape index (κ1) is 24.4. The average molecular weight is 478 g/mol. The largest absolute Gasteiger partial charge is 0.497 e. The first-order chi connectivity index (χ1) is 16.9. The summed E-state index contributed by atoms with van der Waals surface area (Å²) in [6, 6.07) is 5.45. The Morgan fingerprint density at radius 2 is 1.80 bits per heavy atom. The number of ether oxygens (including phenoxy) is 2. The lowest BCUT2D eigenvalue weighted by Gasteiger charge is -2.33. The molecule has 1 aliphatic carbocycles. The Bertz CT molecular complexity index is 1200. The molecule has 1 aromatic carbocycles. The highest BCUT2D eigenvalue weighted by Crippen LogP contribution is 2.32. The van der Waals surface area contributed by atoms with Gasteiger partial charge in [0.15, 0.2) is 0 Å². The predicted octanol–water partition coefficient (Wildman–Crippen LogP) is 3.86. The van der Waals surface area contributed by atoms with E-state index in [0.29, 0.717) is 24.0 Å². The molecule has 1 aliphatic heterocycles. The average Bonchev–Trinajstić information content (AvgIpc) is 3.68. The summed E-state index contributed by atoms with van der Waals surface area (Å²) in [5.41, 5.74) is 9.84. The van der Waals surface area contributed by atoms with E-state index in [1.165, 1.54) is 5.57 Å². The number of imidazole rings is 1. The van der Waals surface area contributed by atoms with E-state index in [2.05, 4.69) is 16.5 Å². The number of likely N-dealkylation sites (tertiary alicyclic amines) is 1. The van der Waals surface area contributed by atoms with E-state index in [9.17, 15) is 4.79 Å². The number of nitrogens with zero attached hydrogens (tertiary/aromatic N) is 4. The molecule has 0 unspecified atom stereocenters. The van der Waals surface area contributed by atoms with Crippen LogP contribution in [0.3, 0.4) is 0 Å². The normalized spacial score (nSPS) is 16.9. The van der Waals surface area contributed by atoms with Gasteiger partial charge in [-0.25, -0.2) is 9.79 Å². The van der Waals surface area contributed by atoms with Gasteiger partial charge in [0.1, 0.15) is 17.3 Å². The van der Waals surface area contributed by atoms with Crippen molar-refractivity contribution >= 4 is 5.84 Å². The van der Waals surface area contributed by atoms with Crippen molar-refractivity contribution < 1.29 is 9.47 Å². The fourth-order valence-electron chi connectivity index (χ4n) is 4.41. The van der Waals surface area contributed by atoms with Crippen LogP contribution in [0, 0.1) is 5.92 Å². The predicted molar refractivity (Wildman–Crippen MR) is 139 cm³/mol. The first-order valence-corrected chi connectivity index (χ1v) is 12.0. The van der Waals surface area contributed by atoms with Crippen molar-refractivity contribution in [3.63, 3.8) is 0 Å². The minimum Gasteiger partial charge on any atom is -0.497 e. The summed E-state index contributed by atoms with van der Waals surface area (Å²) < 4.78 is 14.1. The van der Waals surface area contributed by atoms with Crippen LogP contribution < -0.4 is 20.9 Å². The Balaban J connectivity index is 1.38. The summed E-state index contributed by atoms with van der Waals surface area (Å²) in [5, 5.41) is 0. The number of aromatic nitrogens is 2. The molecule has 0 amide bonds. The Hall–Kier alpha value is -3.68. The number of methoxy groups -OCH3 is 2. The summed E-state index contributed by atoms with van der Waals surface area (Å²) in [6.07, 6.45) is 11.4. The van der Waals surface area contributed by atoms with Gasteiger partial charge in [-0.1, -0.05) is 12.7 Å². The molecular weight excluding hydrogens is 442 g/mol. The molecule has 2 fully saturated rings. The maximum absolute atomic E-state index is 13.1. The molecule has 0 spiro atoms. The van der Waals surface area contributed by atoms with Gasteiger partial charge in [-0.15, -0.1) is 0 Å². The fourth-order valence-corrected chi connectivity index (χ4v) is 4.41. The van der Waals surface area contributed by atoms with Crippen molar-refractivity contribution in [2.45, 2.75) is 39.2 Å². The van der Waals surface area contributed by atoms with Crippen LogP contribution in [0.5, 0.6) is 11.5 Å². The van der Waals surface area contributed by atoms with Gasteiger partial charge in [0.2, 0.25) is 0 Å². The number of aliphatic imine (C=N–C) groups is 1. The van der Waals surface area contributed by atoms with Gasteiger partial charge in [0.05, 0.1) is 19.9 Å². The molecule has 186 valence electrons. The zero-order chi connectivity index (χ0) is 24.9. The minimum absolute atomic E-state index is 0.0649. The van der Waals surface area contributed by atoms with Gasteiger partial charge in [-0.05, 0) is 44.1 Å². The molecular formula is C27H35N5O3. The van der Waals surface area contributed by atoms with E-state index in [4.69, 9.17) is 15.2 Å². The molecule has 2 aromatic rings. The van der Waals surface area contributed by atoms with Crippen molar-refractivity contribution in [1.29, 1.82) is 0 Å². The molecule has 4 rings (SSSR count). The molecule has 35 heavy (non-hydrogen) atoms. The Morgan fingerprint density at radius 1 is 1.14 bits per heavy atom. The lowest BCUT2D eigenvalue weighted by molar-refractivity contribution is 0.243. The highest BCUT2D eigenvalue weighted by molar-refractivity contribution is 5.80. The number of benzene rings is 1. The maximum Gasteiger partial charge on any atom is 0.332 e. The fraction of sp³-hybridized carbons (Fsp3) is 0.407. The van der Waals surface area contributed by atoms with E-state index in [0.717, 1.165) is 61.6 Å². The number of rotatable bonds is 8. The Labute approximate surface area is 206 Å². The van der Waals surface area contributed by atoms with E-state index in [-0.39, 0.29) is 5.69 Å². The zero-order valence-corrected chi connectivity index (χ0v) is 20.9. The van der Waals surface area contributed by atoms with Gasteiger partial charge < -0.3 is 20.1 Å². The van der Waals surface area contributed by atoms with Gasteiger partial charge in [0, 0.05) is 67.7 Å². The summed E-state index contributed by atoms with van der Waals surface area (Å²) in [5.74, 6) is 2.70. The van der Waals surface area contributed by atoms with E-state index in [1.54, 1.807) is 41.7 Å². The lowest BCUT2D eigenvalue weighted by Crippen LogP contribution is -2.39. The molecule has 2 heterocycles. The third-order valence-electron chi connectivity index (χ3n) is 6.79. The molecule has 2 N–H and O–H groups in total. The third kappa shape index (κ3) is 5.70. The molecule has 8 nitrogen and oxygen atoms in total. The summed E-state index contributed by atoms with van der Waals surface area (Å²) >= 11 is 0. The second kappa shape index (κ2) is 10.7. The molecule has 1 saturated carbocycles. The van der Waals surface area contributed by atoms with E-state index in [1.807, 2.05) is 31.5 Å². The molecule has 0 radical (unpaired) electrons. The number of nitrogens with two attached hydrogens (primary N) is 1. The number of amidine groups is 1. The number of allylic oxidation sites excluding steroid dienone is 2. The lowest BCUT2D eigenvalue weighted by atomic mass is 9.96. The van der Waals surface area contributed by atoms with Crippen molar-refractivity contribution in [2.75, 3.05) is 27.3 Å². The van der Waals surface area contributed by atoms with Gasteiger partial charge >= 0.3 is 5.69 Å². The van der Waals surface area contributed by atoms with E-state index >= 15 is 0 Å². The molecule has 2 aliphatic rings. The van der Waals surface area contributed by atoms with Crippen LogP contribution in [0.25, 0.3) is 5.69 Å². The van der Waals surface area contributed by atoms with Crippen molar-refractivity contribution in [1.82, 2.24) is 14.0 Å². The van der Waals surface area contributed by atoms with Gasteiger partial charge in [-0.2, -0.15) is 0 Å². The molecule has 1 saturated heterocycles. The van der Waals surface area contributed by atoms with Crippen LogP contribution in [-0.2, 0) is 6.54 Å². The van der Waals surface area contributed by atoms with Gasteiger partial charge in [-0.3, -0.25) is 9.13 Å². The summed E-state index contributed by atoms with van der Waals surface area (Å²) in [6.45, 7) is 8.43. The number of hydrogen-bond donors (Lipinski definition) is 1. The molecule has 8 heteroatoms. The van der Waals surface area contributed by atoms with Crippen LogP contribution in [0.4, 0.5) is 0 Å². The standard InChI is InChI=1S/C27H35N5O3/c1-5-21(26(28)22-6-7-22)17-29-19(2)30-10-8-20(9-11-30)18-31-12-13-32(27(31)33)23-14-24(34-3)16-25(15-23)35-4/h5,12-17,20H,1,6-11,18,28H2,2-4H3/b21-17+,29-19?. The molecule has 1 aromatic heterocycles. The molecule has 0 bridgehead atoms. The van der Waals surface area contributed by atoms with Crippen LogP contribution in [0.2, 0.25) is 0 Å². The highest BCUT2D eigenvalue weighted by Gasteiger charge is 2.22. The topological polar surface area (TPSA) is 87.0 Å². The smallest absolute Gasteiger partial charge is 0.332 e. The van der Waals surface area contributed by atoms with Crippen LogP contribution >= 0.6 is 0 Å². The van der Waals surface area contributed by atoms with E-state index < -0.39 is 0 Å². The van der Waals surface area contributed by atoms with Crippen molar-refractivity contribution in [3.8, 4) is 17.2 Å². The third-order valence-corrected chi connectivity index (χ3v) is 6.79. The Kier molecular flexibility index (Phi) is 7.48. The second-order valence-corrected chi connectivity index (χ2v) is 9.09. The summed E-state index contributed by atoms with van der Waals surface area (Å²) in [4.78, 5) is 20.0.